The standard InChI is InChI=1S/C26H30N6O3S/c1-16-11-18(20-5-3-4-6-21(20)28-16)15-27-14-17-7-9-32(10-8-17)25-29-19(13-23(30-25)35-2)12-22-24(33)31-26(34)36-22/h3-6,11-13,17,26-27,34H,7-10,14-15H2,1-2H3,(H,31,33). The van der Waals surface area contributed by atoms with Crippen molar-refractivity contribution in [2.75, 3.05) is 31.6 Å². The number of carbonyl (C=O) groups is 1. The van der Waals surface area contributed by atoms with Crippen LogP contribution in [0.5, 0.6) is 5.88 Å². The molecule has 2 aliphatic heterocycles. The molecule has 2 saturated heterocycles. The van der Waals surface area contributed by atoms with Crippen LogP contribution in [0.2, 0.25) is 0 Å². The van der Waals surface area contributed by atoms with Crippen molar-refractivity contribution in [1.82, 2.24) is 25.6 Å². The first kappa shape index (κ1) is 24.5. The van der Waals surface area contributed by atoms with E-state index in [0.29, 0.717) is 28.3 Å². The van der Waals surface area contributed by atoms with Crippen LogP contribution in [0.15, 0.2) is 41.3 Å². The zero-order valence-electron chi connectivity index (χ0n) is 20.4. The van der Waals surface area contributed by atoms with Crippen molar-refractivity contribution < 1.29 is 14.6 Å². The molecular weight excluding hydrogens is 476 g/mol. The lowest BCUT2D eigenvalue weighted by Crippen LogP contribution is -2.38. The first-order valence-corrected chi connectivity index (χ1v) is 13.0. The summed E-state index contributed by atoms with van der Waals surface area (Å²) in [5.41, 5.74) is 3.01. The number of thioether (sulfide) groups is 1. The molecule has 0 bridgehead atoms. The molecule has 3 N–H and O–H groups in total. The molecule has 0 aliphatic carbocycles. The number of para-hydroxylation sites is 1. The molecule has 1 atom stereocenters. The average Bonchev–Trinajstić information content (AvgIpc) is 3.20. The van der Waals surface area contributed by atoms with Crippen molar-refractivity contribution in [3.8, 4) is 5.88 Å². The van der Waals surface area contributed by atoms with E-state index >= 15 is 0 Å². The summed E-state index contributed by atoms with van der Waals surface area (Å²) in [6.07, 6.45) is 3.72. The Kier molecular flexibility index (Phi) is 7.35. The molecule has 1 unspecified atom stereocenters. The van der Waals surface area contributed by atoms with Crippen molar-refractivity contribution >= 4 is 40.6 Å². The lowest BCUT2D eigenvalue weighted by Gasteiger charge is -2.32. The van der Waals surface area contributed by atoms with Gasteiger partial charge in [-0.25, -0.2) is 4.98 Å². The van der Waals surface area contributed by atoms with Gasteiger partial charge in [0.15, 0.2) is 5.56 Å². The Labute approximate surface area is 214 Å². The zero-order valence-corrected chi connectivity index (χ0v) is 21.2. The molecular formula is C26H30N6O3S. The third kappa shape index (κ3) is 5.61. The summed E-state index contributed by atoms with van der Waals surface area (Å²) in [4.78, 5) is 28.4. The quantitative estimate of drug-likeness (QED) is 0.416. The maximum Gasteiger partial charge on any atom is 0.260 e. The maximum atomic E-state index is 12.0. The number of nitrogens with one attached hydrogen (secondary N) is 2. The minimum absolute atomic E-state index is 0.310. The number of aromatic nitrogens is 3. The van der Waals surface area contributed by atoms with Gasteiger partial charge in [-0.15, -0.1) is 0 Å². The Bertz CT molecular complexity index is 1290. The Morgan fingerprint density at radius 3 is 2.78 bits per heavy atom. The Morgan fingerprint density at radius 1 is 1.22 bits per heavy atom. The molecule has 2 aliphatic rings. The highest BCUT2D eigenvalue weighted by atomic mass is 32.2. The topological polar surface area (TPSA) is 112 Å². The van der Waals surface area contributed by atoms with Crippen LogP contribution >= 0.6 is 11.8 Å². The van der Waals surface area contributed by atoms with Crippen LogP contribution < -0.4 is 20.3 Å². The predicted molar refractivity (Wildman–Crippen MR) is 141 cm³/mol. The number of aryl methyl sites for hydroxylation is 1. The van der Waals surface area contributed by atoms with Gasteiger partial charge in [0.1, 0.15) is 0 Å². The van der Waals surface area contributed by atoms with E-state index in [4.69, 9.17) is 4.74 Å². The van der Waals surface area contributed by atoms with Crippen LogP contribution in [0, 0.1) is 12.8 Å². The number of benzene rings is 1. The molecule has 188 valence electrons. The monoisotopic (exact) mass is 506 g/mol. The van der Waals surface area contributed by atoms with E-state index in [2.05, 4.69) is 54.8 Å². The SMILES string of the molecule is COc1cc(C=C2SC(O)NC2=O)nc(N2CCC(CNCc3cc(C)nc4ccccc34)CC2)n1. The average molecular weight is 507 g/mol. The van der Waals surface area contributed by atoms with Crippen LogP contribution in [0.4, 0.5) is 5.95 Å². The molecule has 36 heavy (non-hydrogen) atoms. The number of rotatable bonds is 7. The maximum absolute atomic E-state index is 12.0. The van der Waals surface area contributed by atoms with Gasteiger partial charge in [-0.05, 0) is 56.0 Å². The van der Waals surface area contributed by atoms with Gasteiger partial charge in [-0.3, -0.25) is 9.78 Å². The van der Waals surface area contributed by atoms with E-state index in [0.717, 1.165) is 62.0 Å². The van der Waals surface area contributed by atoms with Crippen molar-refractivity contribution in [3.63, 3.8) is 0 Å². The molecule has 3 aromatic rings. The number of nitrogens with zero attached hydrogens (tertiary/aromatic N) is 4. The second-order valence-electron chi connectivity index (χ2n) is 9.09. The zero-order chi connectivity index (χ0) is 25.1. The number of ether oxygens (including phenoxy) is 1. The van der Waals surface area contributed by atoms with Gasteiger partial charge in [0.05, 0.1) is 23.2 Å². The number of fused-ring (bicyclic) bond motifs is 1. The van der Waals surface area contributed by atoms with E-state index in [1.54, 1.807) is 19.3 Å². The van der Waals surface area contributed by atoms with Gasteiger partial charge in [-0.2, -0.15) is 4.98 Å². The van der Waals surface area contributed by atoms with E-state index < -0.39 is 5.56 Å². The van der Waals surface area contributed by atoms with E-state index in [1.165, 1.54) is 10.9 Å². The summed E-state index contributed by atoms with van der Waals surface area (Å²) in [6, 6.07) is 12.1. The summed E-state index contributed by atoms with van der Waals surface area (Å²) in [5.74, 6) is 1.30. The molecule has 9 nitrogen and oxygen atoms in total. The molecule has 5 rings (SSSR count). The van der Waals surface area contributed by atoms with E-state index in [-0.39, 0.29) is 5.91 Å². The van der Waals surface area contributed by atoms with Crippen LogP contribution in [0.1, 0.15) is 29.8 Å². The molecule has 0 saturated carbocycles. The van der Waals surface area contributed by atoms with Crippen molar-refractivity contribution in [2.45, 2.75) is 31.9 Å². The van der Waals surface area contributed by atoms with Crippen LogP contribution in [0.3, 0.4) is 0 Å². The fourth-order valence-corrected chi connectivity index (χ4v) is 5.42. The fourth-order valence-electron chi connectivity index (χ4n) is 4.66. The van der Waals surface area contributed by atoms with Gasteiger partial charge in [-0.1, -0.05) is 30.0 Å². The second kappa shape index (κ2) is 10.8. The van der Waals surface area contributed by atoms with Gasteiger partial charge >= 0.3 is 0 Å². The molecule has 4 heterocycles. The van der Waals surface area contributed by atoms with Crippen molar-refractivity contribution in [2.24, 2.45) is 5.92 Å². The number of methoxy groups -OCH3 is 1. The highest BCUT2D eigenvalue weighted by Crippen LogP contribution is 2.29. The summed E-state index contributed by atoms with van der Waals surface area (Å²) in [5, 5.41) is 16.9. The number of carbonyl (C=O) groups excluding carboxylic acids is 1. The number of hydrogen-bond donors (Lipinski definition) is 3. The molecule has 1 aromatic carbocycles. The van der Waals surface area contributed by atoms with Gasteiger partial charge in [0, 0.05) is 36.8 Å². The second-order valence-corrected chi connectivity index (χ2v) is 10.2. The minimum Gasteiger partial charge on any atom is -0.481 e. The van der Waals surface area contributed by atoms with Gasteiger partial charge < -0.3 is 25.4 Å². The number of piperidine rings is 1. The first-order chi connectivity index (χ1) is 17.5. The predicted octanol–water partition coefficient (Wildman–Crippen LogP) is 2.83. The van der Waals surface area contributed by atoms with E-state index in [9.17, 15) is 9.90 Å². The summed E-state index contributed by atoms with van der Waals surface area (Å²) in [6.45, 7) is 5.51. The number of amides is 1. The van der Waals surface area contributed by atoms with Crippen LogP contribution in [0.25, 0.3) is 17.0 Å². The third-order valence-electron chi connectivity index (χ3n) is 6.49. The molecule has 1 amide bonds. The largest absolute Gasteiger partial charge is 0.481 e. The fraction of sp³-hybridized carbons (Fsp3) is 0.385. The van der Waals surface area contributed by atoms with Crippen molar-refractivity contribution in [1.29, 1.82) is 0 Å². The lowest BCUT2D eigenvalue weighted by molar-refractivity contribution is -0.117. The minimum atomic E-state index is -0.930. The first-order valence-electron chi connectivity index (χ1n) is 12.1. The number of aliphatic hydroxyl groups excluding tert-OH is 1. The van der Waals surface area contributed by atoms with E-state index in [1.807, 2.05) is 13.0 Å². The summed E-state index contributed by atoms with van der Waals surface area (Å²) < 4.78 is 5.38. The summed E-state index contributed by atoms with van der Waals surface area (Å²) in [7, 11) is 1.56. The highest BCUT2D eigenvalue weighted by molar-refractivity contribution is 8.05. The molecule has 0 radical (unpaired) electrons. The van der Waals surface area contributed by atoms with Crippen LogP contribution in [-0.4, -0.2) is 58.3 Å². The normalized spacial score (nSPS) is 19.8. The number of hydrogen-bond acceptors (Lipinski definition) is 9. The number of anilines is 1. The Hall–Kier alpha value is -3.21. The molecule has 10 heteroatoms. The number of pyridine rings is 1. The molecule has 2 aromatic heterocycles. The molecule has 0 spiro atoms. The van der Waals surface area contributed by atoms with Gasteiger partial charge in [0.25, 0.3) is 5.91 Å². The third-order valence-corrected chi connectivity index (χ3v) is 7.39. The summed E-state index contributed by atoms with van der Waals surface area (Å²) >= 11 is 1.06. The highest BCUT2D eigenvalue weighted by Gasteiger charge is 2.26. The Balaban J connectivity index is 1.19. The number of aliphatic hydroxyl groups is 1. The molecule has 2 fully saturated rings. The smallest absolute Gasteiger partial charge is 0.260 e. The van der Waals surface area contributed by atoms with Crippen molar-refractivity contribution in [3.05, 3.63) is 58.3 Å². The lowest BCUT2D eigenvalue weighted by atomic mass is 9.97. The van der Waals surface area contributed by atoms with Crippen LogP contribution in [-0.2, 0) is 11.3 Å². The van der Waals surface area contributed by atoms with Gasteiger partial charge in [0.2, 0.25) is 11.8 Å². The Morgan fingerprint density at radius 2 is 2.03 bits per heavy atom.